The number of hydrogen-bond donors (Lipinski definition) is 2. The molecule has 0 saturated carbocycles. The van der Waals surface area contributed by atoms with Gasteiger partial charge in [0.1, 0.15) is 0 Å². The number of aliphatic hydroxyl groups is 1. The van der Waals surface area contributed by atoms with Gasteiger partial charge in [-0.15, -0.1) is 0 Å². The summed E-state index contributed by atoms with van der Waals surface area (Å²) >= 11 is 3.46. The van der Waals surface area contributed by atoms with Gasteiger partial charge in [-0.2, -0.15) is 0 Å². The van der Waals surface area contributed by atoms with Crippen LogP contribution < -0.4 is 5.32 Å². The van der Waals surface area contributed by atoms with Crippen LogP contribution in [0.15, 0.2) is 22.7 Å². The van der Waals surface area contributed by atoms with Crippen molar-refractivity contribution in [2.24, 2.45) is 0 Å². The summed E-state index contributed by atoms with van der Waals surface area (Å²) in [6, 6.07) is 6.12. The minimum absolute atomic E-state index is 0.276. The van der Waals surface area contributed by atoms with E-state index in [9.17, 15) is 5.11 Å². The molecule has 0 heterocycles. The Morgan fingerprint density at radius 2 is 2.21 bits per heavy atom. The van der Waals surface area contributed by atoms with Crippen molar-refractivity contribution in [3.63, 3.8) is 0 Å². The van der Waals surface area contributed by atoms with Crippen LogP contribution in [0.4, 0.5) is 5.69 Å². The molecule has 3 heteroatoms. The van der Waals surface area contributed by atoms with Crippen molar-refractivity contribution in [2.75, 3.05) is 11.9 Å². The fourth-order valence-electron chi connectivity index (χ4n) is 1.15. The van der Waals surface area contributed by atoms with Crippen LogP contribution >= 0.6 is 15.9 Å². The number of rotatable bonds is 4. The van der Waals surface area contributed by atoms with Crippen molar-refractivity contribution in [3.05, 3.63) is 28.2 Å². The molecule has 0 radical (unpaired) electrons. The molecule has 1 aromatic rings. The number of aryl methyl sites for hydroxylation is 1. The average molecular weight is 258 g/mol. The summed E-state index contributed by atoms with van der Waals surface area (Å²) < 4.78 is 1.03. The molecular formula is C11H16BrNO. The molecular weight excluding hydrogens is 242 g/mol. The summed E-state index contributed by atoms with van der Waals surface area (Å²) in [6.07, 6.45) is 0.499. The molecule has 1 rings (SSSR count). The summed E-state index contributed by atoms with van der Waals surface area (Å²) in [5, 5.41) is 12.6. The number of hydrogen-bond acceptors (Lipinski definition) is 2. The third-order valence-corrected chi connectivity index (χ3v) is 2.81. The van der Waals surface area contributed by atoms with Gasteiger partial charge in [0.15, 0.2) is 0 Å². The molecule has 0 saturated heterocycles. The molecule has 0 fully saturated rings. The van der Waals surface area contributed by atoms with E-state index in [-0.39, 0.29) is 6.10 Å². The molecule has 0 aromatic heterocycles. The largest absolute Gasteiger partial charge is 0.391 e. The third-order valence-electron chi connectivity index (χ3n) is 2.12. The maximum Gasteiger partial charge on any atom is 0.0709 e. The zero-order valence-electron chi connectivity index (χ0n) is 8.55. The predicted octanol–water partition coefficient (Wildman–Crippen LogP) is 2.94. The lowest BCUT2D eigenvalue weighted by Gasteiger charge is -2.12. The number of aliphatic hydroxyl groups excluding tert-OH is 1. The SMILES string of the molecule is CCC(O)CNc1cc(C)ccc1Br. The van der Waals surface area contributed by atoms with Gasteiger partial charge in [0.05, 0.1) is 6.10 Å². The molecule has 0 spiro atoms. The second-order valence-electron chi connectivity index (χ2n) is 3.43. The number of halogens is 1. The predicted molar refractivity (Wildman–Crippen MR) is 63.7 cm³/mol. The van der Waals surface area contributed by atoms with Crippen LogP contribution in [-0.4, -0.2) is 17.8 Å². The summed E-state index contributed by atoms with van der Waals surface area (Å²) in [6.45, 7) is 4.62. The Hall–Kier alpha value is -0.540. The van der Waals surface area contributed by atoms with Crippen LogP contribution in [0.2, 0.25) is 0 Å². The van der Waals surface area contributed by atoms with Crippen molar-refractivity contribution in [1.29, 1.82) is 0 Å². The lowest BCUT2D eigenvalue weighted by atomic mass is 10.2. The Morgan fingerprint density at radius 3 is 2.86 bits per heavy atom. The maximum absolute atomic E-state index is 9.40. The molecule has 2 nitrogen and oxygen atoms in total. The molecule has 0 aliphatic heterocycles. The fourth-order valence-corrected chi connectivity index (χ4v) is 1.53. The Morgan fingerprint density at radius 1 is 1.50 bits per heavy atom. The first-order valence-electron chi connectivity index (χ1n) is 4.81. The molecule has 0 aliphatic rings. The fraction of sp³-hybridized carbons (Fsp3) is 0.455. The maximum atomic E-state index is 9.40. The van der Waals surface area contributed by atoms with Gasteiger partial charge in [0.25, 0.3) is 0 Å². The standard InChI is InChI=1S/C11H16BrNO/c1-3-9(14)7-13-11-6-8(2)4-5-10(11)12/h4-6,9,13-14H,3,7H2,1-2H3. The van der Waals surface area contributed by atoms with Crippen LogP contribution in [0, 0.1) is 6.92 Å². The first-order valence-corrected chi connectivity index (χ1v) is 5.61. The molecule has 78 valence electrons. The van der Waals surface area contributed by atoms with Gasteiger partial charge < -0.3 is 10.4 Å². The first kappa shape index (κ1) is 11.5. The minimum Gasteiger partial charge on any atom is -0.391 e. The zero-order valence-corrected chi connectivity index (χ0v) is 10.1. The lowest BCUT2D eigenvalue weighted by Crippen LogP contribution is -2.18. The van der Waals surface area contributed by atoms with Gasteiger partial charge in [0.2, 0.25) is 0 Å². The Kier molecular flexibility index (Phi) is 4.42. The van der Waals surface area contributed by atoms with Gasteiger partial charge in [-0.3, -0.25) is 0 Å². The summed E-state index contributed by atoms with van der Waals surface area (Å²) in [5.74, 6) is 0. The molecule has 14 heavy (non-hydrogen) atoms. The number of nitrogens with one attached hydrogen (secondary N) is 1. The van der Waals surface area contributed by atoms with Crippen LogP contribution in [0.3, 0.4) is 0 Å². The van der Waals surface area contributed by atoms with E-state index in [4.69, 9.17) is 0 Å². The molecule has 1 aromatic carbocycles. The molecule has 2 N–H and O–H groups in total. The van der Waals surface area contributed by atoms with Crippen molar-refractivity contribution in [3.8, 4) is 0 Å². The lowest BCUT2D eigenvalue weighted by molar-refractivity contribution is 0.183. The number of anilines is 1. The monoisotopic (exact) mass is 257 g/mol. The Balaban J connectivity index is 2.62. The zero-order chi connectivity index (χ0) is 10.6. The van der Waals surface area contributed by atoms with Crippen LogP contribution in [-0.2, 0) is 0 Å². The highest BCUT2D eigenvalue weighted by molar-refractivity contribution is 9.10. The quantitative estimate of drug-likeness (QED) is 0.870. The summed E-state index contributed by atoms with van der Waals surface area (Å²) in [7, 11) is 0. The van der Waals surface area contributed by atoms with E-state index in [1.807, 2.05) is 26.0 Å². The van der Waals surface area contributed by atoms with E-state index in [0.29, 0.717) is 6.54 Å². The molecule has 0 aliphatic carbocycles. The topological polar surface area (TPSA) is 32.3 Å². The summed E-state index contributed by atoms with van der Waals surface area (Å²) in [4.78, 5) is 0. The highest BCUT2D eigenvalue weighted by Crippen LogP contribution is 2.23. The van der Waals surface area contributed by atoms with Gasteiger partial charge in [-0.05, 0) is 47.0 Å². The van der Waals surface area contributed by atoms with Crippen molar-refractivity contribution in [2.45, 2.75) is 26.4 Å². The second kappa shape index (κ2) is 5.37. The van der Waals surface area contributed by atoms with E-state index in [2.05, 4.69) is 27.3 Å². The molecule has 1 atom stereocenters. The highest BCUT2D eigenvalue weighted by atomic mass is 79.9. The van der Waals surface area contributed by atoms with Crippen LogP contribution in [0.25, 0.3) is 0 Å². The van der Waals surface area contributed by atoms with Gasteiger partial charge in [0, 0.05) is 16.7 Å². The summed E-state index contributed by atoms with van der Waals surface area (Å²) in [5.41, 5.74) is 2.25. The third kappa shape index (κ3) is 3.31. The normalized spacial score (nSPS) is 12.6. The highest BCUT2D eigenvalue weighted by Gasteiger charge is 2.02. The smallest absolute Gasteiger partial charge is 0.0709 e. The Bertz CT molecular complexity index is 301. The van der Waals surface area contributed by atoms with E-state index >= 15 is 0 Å². The van der Waals surface area contributed by atoms with E-state index in [1.165, 1.54) is 5.56 Å². The van der Waals surface area contributed by atoms with Crippen molar-refractivity contribution < 1.29 is 5.11 Å². The van der Waals surface area contributed by atoms with Crippen LogP contribution in [0.5, 0.6) is 0 Å². The van der Waals surface area contributed by atoms with Gasteiger partial charge >= 0.3 is 0 Å². The first-order chi connectivity index (χ1) is 6.63. The molecule has 0 bridgehead atoms. The van der Waals surface area contributed by atoms with Crippen LogP contribution in [0.1, 0.15) is 18.9 Å². The average Bonchev–Trinajstić information content (AvgIpc) is 2.19. The molecule has 0 amide bonds. The Labute approximate surface area is 93.5 Å². The van der Waals surface area contributed by atoms with Crippen molar-refractivity contribution in [1.82, 2.24) is 0 Å². The van der Waals surface area contributed by atoms with Crippen molar-refractivity contribution >= 4 is 21.6 Å². The minimum atomic E-state index is -0.276. The van der Waals surface area contributed by atoms with E-state index < -0.39 is 0 Å². The van der Waals surface area contributed by atoms with E-state index in [0.717, 1.165) is 16.6 Å². The van der Waals surface area contributed by atoms with Gasteiger partial charge in [-0.25, -0.2) is 0 Å². The molecule has 1 unspecified atom stereocenters. The van der Waals surface area contributed by atoms with E-state index in [1.54, 1.807) is 0 Å². The second-order valence-corrected chi connectivity index (χ2v) is 4.28. The van der Waals surface area contributed by atoms with Gasteiger partial charge in [-0.1, -0.05) is 13.0 Å². The number of benzene rings is 1.